The van der Waals surface area contributed by atoms with E-state index in [1.54, 1.807) is 31.1 Å². The molecule has 2 fully saturated rings. The highest BCUT2D eigenvalue weighted by atomic mass is 35.5. The molecule has 2 aliphatic rings. The summed E-state index contributed by atoms with van der Waals surface area (Å²) in [6, 6.07) is 4.33. The van der Waals surface area contributed by atoms with Crippen LogP contribution in [0.1, 0.15) is 44.3 Å². The number of likely N-dealkylation sites (tertiary alicyclic amines) is 1. The van der Waals surface area contributed by atoms with Crippen LogP contribution >= 0.6 is 11.6 Å². The van der Waals surface area contributed by atoms with Crippen molar-refractivity contribution in [3.05, 3.63) is 63.2 Å². The van der Waals surface area contributed by atoms with E-state index in [1.807, 2.05) is 36.5 Å². The maximum Gasteiger partial charge on any atom is 0.410 e. The Labute approximate surface area is 252 Å². The van der Waals surface area contributed by atoms with Gasteiger partial charge in [-0.15, -0.1) is 0 Å². The summed E-state index contributed by atoms with van der Waals surface area (Å²) >= 11 is 6.01. The van der Waals surface area contributed by atoms with Crippen LogP contribution in [0.2, 0.25) is 5.02 Å². The Hall–Kier alpha value is -4.10. The summed E-state index contributed by atoms with van der Waals surface area (Å²) in [5.74, 6) is 0.146. The molecule has 0 N–H and O–H groups in total. The lowest BCUT2D eigenvalue weighted by Crippen LogP contribution is -2.52. The van der Waals surface area contributed by atoms with E-state index in [4.69, 9.17) is 26.1 Å². The second kappa shape index (κ2) is 10.9. The fourth-order valence-corrected chi connectivity index (χ4v) is 5.26. The normalized spacial score (nSPS) is 17.8. The summed E-state index contributed by atoms with van der Waals surface area (Å²) in [4.78, 5) is 43.0. The lowest BCUT2D eigenvalue weighted by Gasteiger charge is -2.39. The summed E-state index contributed by atoms with van der Waals surface area (Å²) in [6.07, 6.45) is 2.99. The maximum absolute atomic E-state index is 15.1. The zero-order valence-electron chi connectivity index (χ0n) is 24.5. The van der Waals surface area contributed by atoms with Gasteiger partial charge in [-0.2, -0.15) is 5.10 Å². The number of benzene rings is 1. The van der Waals surface area contributed by atoms with Crippen molar-refractivity contribution in [2.75, 3.05) is 37.7 Å². The maximum atomic E-state index is 15.1. The van der Waals surface area contributed by atoms with E-state index >= 15 is 4.39 Å². The van der Waals surface area contributed by atoms with Crippen LogP contribution in [0.3, 0.4) is 0 Å². The van der Waals surface area contributed by atoms with Crippen molar-refractivity contribution in [2.24, 2.45) is 7.05 Å². The molecule has 1 amide bonds. The Morgan fingerprint density at radius 3 is 2.63 bits per heavy atom. The van der Waals surface area contributed by atoms with Crippen molar-refractivity contribution in [2.45, 2.75) is 45.4 Å². The predicted molar refractivity (Wildman–Crippen MR) is 158 cm³/mol. The number of carbonyl (C=O) groups is 1. The van der Waals surface area contributed by atoms with Gasteiger partial charge in [0.2, 0.25) is 5.95 Å². The highest BCUT2D eigenvalue weighted by molar-refractivity contribution is 6.30. The number of halogens is 2. The van der Waals surface area contributed by atoms with E-state index in [0.29, 0.717) is 38.6 Å². The molecule has 0 saturated carbocycles. The van der Waals surface area contributed by atoms with Gasteiger partial charge >= 0.3 is 6.09 Å². The van der Waals surface area contributed by atoms with Crippen molar-refractivity contribution >= 4 is 34.7 Å². The van der Waals surface area contributed by atoms with Crippen LogP contribution in [0.5, 0.6) is 0 Å². The lowest BCUT2D eigenvalue weighted by molar-refractivity contribution is -0.000522. The van der Waals surface area contributed by atoms with Crippen molar-refractivity contribution in [3.8, 4) is 11.3 Å². The van der Waals surface area contributed by atoms with Gasteiger partial charge in [0, 0.05) is 49.0 Å². The Bertz CT molecular complexity index is 1780. The number of anilines is 1. The smallest absolute Gasteiger partial charge is 0.410 e. The molecule has 1 unspecified atom stereocenters. The number of carbonyl (C=O) groups excluding carboxylic acids is 1. The first-order valence-electron chi connectivity index (χ1n) is 14.0. The zero-order valence-corrected chi connectivity index (χ0v) is 25.3. The molecule has 0 bridgehead atoms. The van der Waals surface area contributed by atoms with Gasteiger partial charge in [-0.3, -0.25) is 14.0 Å². The number of nitrogens with zero attached hydrogens (tertiary/aromatic N) is 8. The van der Waals surface area contributed by atoms with Gasteiger partial charge in [-0.05, 0) is 45.9 Å². The number of ether oxygens (including phenoxy) is 2. The third kappa shape index (κ3) is 5.66. The molecule has 0 spiro atoms. The second-order valence-corrected chi connectivity index (χ2v) is 12.3. The highest BCUT2D eigenvalue weighted by Crippen LogP contribution is 2.32. The summed E-state index contributed by atoms with van der Waals surface area (Å²) in [5, 5.41) is 4.77. The van der Waals surface area contributed by atoms with Crippen LogP contribution in [0.4, 0.5) is 15.1 Å². The van der Waals surface area contributed by atoms with Crippen LogP contribution in [0, 0.1) is 12.7 Å². The molecule has 3 aromatic heterocycles. The van der Waals surface area contributed by atoms with E-state index in [0.717, 1.165) is 5.56 Å². The largest absolute Gasteiger partial charge is 0.444 e. The van der Waals surface area contributed by atoms with Crippen LogP contribution in [-0.2, 0) is 16.5 Å². The summed E-state index contributed by atoms with van der Waals surface area (Å²) in [6.45, 7) is 9.45. The van der Waals surface area contributed by atoms with Gasteiger partial charge in [-0.25, -0.2) is 24.1 Å². The predicted octanol–water partition coefficient (Wildman–Crippen LogP) is 4.06. The quantitative estimate of drug-likeness (QED) is 0.337. The van der Waals surface area contributed by atoms with E-state index in [-0.39, 0.29) is 57.1 Å². The standard InChI is InChI=1S/C29H32ClFN8O4/c1-16-33-24-23(20-7-6-18(30)10-21(20)31)34-27(35-25(24)26(40)36(16)5)37-8-9-42-22(15-37)17-11-32-39(12-17)19-13-38(14-19)28(41)43-29(2,3)4/h6-7,10-12,19,22H,8-9,13-15H2,1-5H3. The van der Waals surface area contributed by atoms with Gasteiger partial charge in [0.25, 0.3) is 5.56 Å². The number of aryl methyl sites for hydroxylation is 1. The van der Waals surface area contributed by atoms with Gasteiger partial charge < -0.3 is 19.3 Å². The fourth-order valence-electron chi connectivity index (χ4n) is 5.10. The SMILES string of the molecule is Cc1nc2c(-c3ccc(Cl)cc3F)nc(N3CCOC(c4cnn(C5CN(C(=O)OC(C)(C)C)C5)c4)C3)nc2c(=O)n1C. The minimum absolute atomic E-state index is 0.0359. The lowest BCUT2D eigenvalue weighted by atomic mass is 10.1. The Balaban J connectivity index is 1.26. The van der Waals surface area contributed by atoms with Gasteiger partial charge in [0.05, 0.1) is 25.4 Å². The molecule has 2 aliphatic heterocycles. The summed E-state index contributed by atoms with van der Waals surface area (Å²) in [7, 11) is 1.62. The second-order valence-electron chi connectivity index (χ2n) is 11.8. The Morgan fingerprint density at radius 1 is 1.14 bits per heavy atom. The van der Waals surface area contributed by atoms with Crippen molar-refractivity contribution in [3.63, 3.8) is 0 Å². The monoisotopic (exact) mass is 610 g/mol. The van der Waals surface area contributed by atoms with E-state index in [2.05, 4.69) is 15.1 Å². The molecule has 1 aromatic carbocycles. The number of hydrogen-bond acceptors (Lipinski definition) is 9. The molecule has 4 aromatic rings. The minimum atomic E-state index is -0.577. The van der Waals surface area contributed by atoms with Crippen molar-refractivity contribution in [1.82, 2.24) is 34.2 Å². The van der Waals surface area contributed by atoms with E-state index in [1.165, 1.54) is 16.7 Å². The Morgan fingerprint density at radius 2 is 1.91 bits per heavy atom. The number of rotatable bonds is 4. The third-order valence-corrected chi connectivity index (χ3v) is 7.79. The first kappa shape index (κ1) is 29.0. The first-order chi connectivity index (χ1) is 20.4. The van der Waals surface area contributed by atoms with Gasteiger partial charge in [-0.1, -0.05) is 11.6 Å². The Kier molecular flexibility index (Phi) is 7.33. The fraction of sp³-hybridized carbons (Fsp3) is 0.448. The zero-order chi connectivity index (χ0) is 30.6. The molecule has 2 saturated heterocycles. The van der Waals surface area contributed by atoms with Crippen LogP contribution in [0.15, 0.2) is 35.4 Å². The van der Waals surface area contributed by atoms with Crippen LogP contribution in [0.25, 0.3) is 22.3 Å². The molecular weight excluding hydrogens is 579 g/mol. The van der Waals surface area contributed by atoms with Crippen LogP contribution in [-0.4, -0.2) is 78.7 Å². The average molecular weight is 611 g/mol. The number of hydrogen-bond donors (Lipinski definition) is 0. The molecule has 1 atom stereocenters. The topological polar surface area (TPSA) is 120 Å². The van der Waals surface area contributed by atoms with E-state index in [9.17, 15) is 9.59 Å². The summed E-state index contributed by atoms with van der Waals surface area (Å²) < 4.78 is 29.9. The number of fused-ring (bicyclic) bond motifs is 1. The van der Waals surface area contributed by atoms with Crippen molar-refractivity contribution < 1.29 is 18.7 Å². The molecule has 0 aliphatic carbocycles. The molecule has 43 heavy (non-hydrogen) atoms. The first-order valence-corrected chi connectivity index (χ1v) is 14.3. The van der Waals surface area contributed by atoms with Crippen LogP contribution < -0.4 is 10.5 Å². The number of aromatic nitrogens is 6. The van der Waals surface area contributed by atoms with E-state index < -0.39 is 11.4 Å². The molecule has 5 heterocycles. The average Bonchev–Trinajstić information content (AvgIpc) is 3.40. The molecule has 14 heteroatoms. The summed E-state index contributed by atoms with van der Waals surface area (Å²) in [5.41, 5.74) is 0.657. The third-order valence-electron chi connectivity index (χ3n) is 7.56. The minimum Gasteiger partial charge on any atom is -0.444 e. The van der Waals surface area contributed by atoms with Crippen molar-refractivity contribution in [1.29, 1.82) is 0 Å². The molecule has 226 valence electrons. The van der Waals surface area contributed by atoms with Gasteiger partial charge in [0.1, 0.15) is 34.6 Å². The number of morpholine rings is 1. The van der Waals surface area contributed by atoms with Gasteiger partial charge in [0.15, 0.2) is 5.52 Å². The highest BCUT2D eigenvalue weighted by Gasteiger charge is 2.36. The number of amides is 1. The molecule has 6 rings (SSSR count). The molecular formula is C29H32ClFN8O4. The molecule has 12 nitrogen and oxygen atoms in total. The molecule has 0 radical (unpaired) electrons.